The Morgan fingerprint density at radius 1 is 1.44 bits per heavy atom. The summed E-state index contributed by atoms with van der Waals surface area (Å²) >= 11 is 0. The second-order valence-electron chi connectivity index (χ2n) is 4.41. The standard InChI is InChI=1S/C13H17N3O2/c17-10-15-12-6-2-4-8-16(13(12)18)9-11-5-1-3-7-14-11/h1,3,5,7,10,12H,2,4,6,8-9H2,(H,15,17)/t12-/m0/s1. The molecule has 1 aromatic heterocycles. The highest BCUT2D eigenvalue weighted by molar-refractivity contribution is 5.83. The summed E-state index contributed by atoms with van der Waals surface area (Å²) in [6.45, 7) is 1.24. The molecule has 0 bridgehead atoms. The predicted molar refractivity (Wildman–Crippen MR) is 66.5 cm³/mol. The molecule has 5 nitrogen and oxygen atoms in total. The molecule has 0 radical (unpaired) electrons. The average molecular weight is 247 g/mol. The first-order valence-electron chi connectivity index (χ1n) is 6.19. The molecule has 96 valence electrons. The van der Waals surface area contributed by atoms with Crippen molar-refractivity contribution in [3.05, 3.63) is 30.1 Å². The van der Waals surface area contributed by atoms with E-state index in [4.69, 9.17) is 0 Å². The van der Waals surface area contributed by atoms with Gasteiger partial charge in [-0.25, -0.2) is 0 Å². The monoisotopic (exact) mass is 247 g/mol. The van der Waals surface area contributed by atoms with Gasteiger partial charge in [-0.2, -0.15) is 0 Å². The van der Waals surface area contributed by atoms with Crippen molar-refractivity contribution in [2.75, 3.05) is 6.54 Å². The van der Waals surface area contributed by atoms with Gasteiger partial charge in [0, 0.05) is 12.7 Å². The Kier molecular flexibility index (Phi) is 4.28. The number of likely N-dealkylation sites (tertiary alicyclic amines) is 1. The third-order valence-corrected chi connectivity index (χ3v) is 3.13. The van der Waals surface area contributed by atoms with Crippen LogP contribution in [0.4, 0.5) is 0 Å². The van der Waals surface area contributed by atoms with Crippen LogP contribution in [0, 0.1) is 0 Å². The lowest BCUT2D eigenvalue weighted by Gasteiger charge is -2.23. The quantitative estimate of drug-likeness (QED) is 0.797. The molecule has 5 heteroatoms. The van der Waals surface area contributed by atoms with Crippen LogP contribution in [-0.4, -0.2) is 34.8 Å². The number of nitrogens with zero attached hydrogens (tertiary/aromatic N) is 2. The summed E-state index contributed by atoms with van der Waals surface area (Å²) in [5, 5.41) is 2.60. The second-order valence-corrected chi connectivity index (χ2v) is 4.41. The number of carbonyl (C=O) groups is 2. The number of amides is 2. The van der Waals surface area contributed by atoms with Gasteiger partial charge in [0.2, 0.25) is 12.3 Å². The van der Waals surface area contributed by atoms with Crippen LogP contribution in [0.5, 0.6) is 0 Å². The Balaban J connectivity index is 2.06. The van der Waals surface area contributed by atoms with Crippen LogP contribution >= 0.6 is 0 Å². The minimum atomic E-state index is -0.381. The largest absolute Gasteiger partial charge is 0.347 e. The highest BCUT2D eigenvalue weighted by atomic mass is 16.2. The minimum Gasteiger partial charge on any atom is -0.347 e. The van der Waals surface area contributed by atoms with E-state index in [0.29, 0.717) is 13.0 Å². The van der Waals surface area contributed by atoms with Gasteiger partial charge in [0.25, 0.3) is 0 Å². The molecule has 1 fully saturated rings. The summed E-state index contributed by atoms with van der Waals surface area (Å²) in [4.78, 5) is 28.7. The molecule has 0 aliphatic carbocycles. The van der Waals surface area contributed by atoms with Gasteiger partial charge in [0.1, 0.15) is 6.04 Å². The van der Waals surface area contributed by atoms with Gasteiger partial charge in [-0.3, -0.25) is 14.6 Å². The first-order valence-corrected chi connectivity index (χ1v) is 6.19. The number of aromatic nitrogens is 1. The van der Waals surface area contributed by atoms with E-state index in [1.54, 1.807) is 11.1 Å². The van der Waals surface area contributed by atoms with E-state index >= 15 is 0 Å². The third kappa shape index (κ3) is 3.06. The van der Waals surface area contributed by atoms with Gasteiger partial charge >= 0.3 is 0 Å². The zero-order valence-corrected chi connectivity index (χ0v) is 10.2. The number of pyridine rings is 1. The third-order valence-electron chi connectivity index (χ3n) is 3.13. The summed E-state index contributed by atoms with van der Waals surface area (Å²) < 4.78 is 0. The van der Waals surface area contributed by atoms with Crippen molar-refractivity contribution in [2.45, 2.75) is 31.8 Å². The molecule has 0 spiro atoms. The van der Waals surface area contributed by atoms with Crippen LogP contribution in [0.15, 0.2) is 24.4 Å². The summed E-state index contributed by atoms with van der Waals surface area (Å²) in [5.74, 6) is -0.00902. The highest BCUT2D eigenvalue weighted by Gasteiger charge is 2.26. The molecule has 2 rings (SSSR count). The fourth-order valence-electron chi connectivity index (χ4n) is 2.19. The molecule has 1 aromatic rings. The lowest BCUT2D eigenvalue weighted by molar-refractivity contribution is -0.134. The number of nitrogens with one attached hydrogen (secondary N) is 1. The molecule has 0 saturated carbocycles. The van der Waals surface area contributed by atoms with Crippen LogP contribution in [0.1, 0.15) is 25.0 Å². The van der Waals surface area contributed by atoms with E-state index in [9.17, 15) is 9.59 Å². The van der Waals surface area contributed by atoms with E-state index in [0.717, 1.165) is 31.5 Å². The van der Waals surface area contributed by atoms with Gasteiger partial charge in [-0.15, -0.1) is 0 Å². The maximum absolute atomic E-state index is 12.2. The van der Waals surface area contributed by atoms with Crippen LogP contribution in [0.3, 0.4) is 0 Å². The second kappa shape index (κ2) is 6.14. The van der Waals surface area contributed by atoms with Crippen LogP contribution < -0.4 is 5.32 Å². The Labute approximate surface area is 106 Å². The summed E-state index contributed by atoms with van der Waals surface area (Å²) in [6, 6.07) is 5.28. The molecule has 1 N–H and O–H groups in total. The van der Waals surface area contributed by atoms with Crippen LogP contribution in [-0.2, 0) is 16.1 Å². The lowest BCUT2D eigenvalue weighted by Crippen LogP contribution is -2.44. The van der Waals surface area contributed by atoms with Gasteiger partial charge in [0.15, 0.2) is 0 Å². The summed E-state index contributed by atoms with van der Waals surface area (Å²) in [6.07, 6.45) is 4.97. The van der Waals surface area contributed by atoms with E-state index in [-0.39, 0.29) is 11.9 Å². The first kappa shape index (κ1) is 12.5. The molecular formula is C13H17N3O2. The predicted octanol–water partition coefficient (Wildman–Crippen LogP) is 0.709. The molecule has 1 aliphatic heterocycles. The van der Waals surface area contributed by atoms with Crippen molar-refractivity contribution >= 4 is 12.3 Å². The minimum absolute atomic E-state index is 0.00902. The topological polar surface area (TPSA) is 62.3 Å². The Morgan fingerprint density at radius 2 is 2.33 bits per heavy atom. The highest BCUT2D eigenvalue weighted by Crippen LogP contribution is 2.14. The SMILES string of the molecule is O=CN[C@H]1CCCCN(Cc2ccccn2)C1=O. The molecule has 18 heavy (non-hydrogen) atoms. The first-order chi connectivity index (χ1) is 8.81. The van der Waals surface area contributed by atoms with Crippen molar-refractivity contribution < 1.29 is 9.59 Å². The molecule has 0 unspecified atom stereocenters. The van der Waals surface area contributed by atoms with E-state index < -0.39 is 0 Å². The van der Waals surface area contributed by atoms with Gasteiger partial charge in [-0.05, 0) is 31.4 Å². The lowest BCUT2D eigenvalue weighted by atomic mass is 10.1. The Hall–Kier alpha value is -1.91. The molecule has 1 aliphatic rings. The van der Waals surface area contributed by atoms with Gasteiger partial charge in [-0.1, -0.05) is 6.07 Å². The van der Waals surface area contributed by atoms with Crippen LogP contribution in [0.25, 0.3) is 0 Å². The molecule has 2 amide bonds. The van der Waals surface area contributed by atoms with Crippen molar-refractivity contribution in [1.29, 1.82) is 0 Å². The van der Waals surface area contributed by atoms with E-state index in [1.807, 2.05) is 18.2 Å². The van der Waals surface area contributed by atoms with Crippen molar-refractivity contribution in [3.63, 3.8) is 0 Å². The fourth-order valence-corrected chi connectivity index (χ4v) is 2.19. The average Bonchev–Trinajstić information content (AvgIpc) is 2.56. The Morgan fingerprint density at radius 3 is 3.06 bits per heavy atom. The normalized spacial score (nSPS) is 20.3. The number of hydrogen-bond acceptors (Lipinski definition) is 3. The van der Waals surface area contributed by atoms with Gasteiger partial charge < -0.3 is 10.2 Å². The molecule has 1 saturated heterocycles. The molecule has 1 atom stereocenters. The van der Waals surface area contributed by atoms with E-state index in [1.165, 1.54) is 0 Å². The number of hydrogen-bond donors (Lipinski definition) is 1. The molecule has 2 heterocycles. The van der Waals surface area contributed by atoms with Crippen LogP contribution in [0.2, 0.25) is 0 Å². The molecular weight excluding hydrogens is 230 g/mol. The maximum atomic E-state index is 12.2. The molecule has 0 aromatic carbocycles. The van der Waals surface area contributed by atoms with Crippen molar-refractivity contribution in [3.8, 4) is 0 Å². The van der Waals surface area contributed by atoms with Crippen molar-refractivity contribution in [2.24, 2.45) is 0 Å². The van der Waals surface area contributed by atoms with Gasteiger partial charge in [0.05, 0.1) is 12.2 Å². The number of rotatable bonds is 4. The fraction of sp³-hybridized carbons (Fsp3) is 0.462. The zero-order valence-electron chi connectivity index (χ0n) is 10.2. The number of carbonyl (C=O) groups excluding carboxylic acids is 2. The van der Waals surface area contributed by atoms with Crippen molar-refractivity contribution in [1.82, 2.24) is 15.2 Å². The summed E-state index contributed by atoms with van der Waals surface area (Å²) in [5.41, 5.74) is 0.873. The smallest absolute Gasteiger partial charge is 0.245 e. The zero-order chi connectivity index (χ0) is 12.8. The van der Waals surface area contributed by atoms with E-state index in [2.05, 4.69) is 10.3 Å². The summed E-state index contributed by atoms with van der Waals surface area (Å²) in [7, 11) is 0. The maximum Gasteiger partial charge on any atom is 0.245 e. The Bertz CT molecular complexity index is 408.